The van der Waals surface area contributed by atoms with Crippen molar-refractivity contribution in [1.82, 2.24) is 21.3 Å². The highest BCUT2D eigenvalue weighted by molar-refractivity contribution is 9.09. The smallest absolute Gasteiger partial charge is 0.247 e. The summed E-state index contributed by atoms with van der Waals surface area (Å²) in [6.07, 6.45) is 4.01. The summed E-state index contributed by atoms with van der Waals surface area (Å²) in [7, 11) is 0. The average molecular weight is 494 g/mol. The lowest BCUT2D eigenvalue weighted by Crippen LogP contribution is -2.61. The predicted molar refractivity (Wildman–Crippen MR) is 105 cm³/mol. The normalized spacial score (nSPS) is 27.8. The van der Waals surface area contributed by atoms with E-state index >= 15 is 0 Å². The van der Waals surface area contributed by atoms with Gasteiger partial charge >= 0.3 is 0 Å². The molecule has 2 rings (SSSR count). The van der Waals surface area contributed by atoms with E-state index in [1.54, 1.807) is 0 Å². The molecular formula is C16H22Br2N4O4. The van der Waals surface area contributed by atoms with Crippen LogP contribution in [-0.2, 0) is 19.2 Å². The first-order valence-electron chi connectivity index (χ1n) is 7.96. The van der Waals surface area contributed by atoms with E-state index in [9.17, 15) is 19.2 Å². The Balaban J connectivity index is 0.000000263. The molecule has 0 aromatic heterocycles. The summed E-state index contributed by atoms with van der Waals surface area (Å²) in [6.45, 7) is 6.84. The van der Waals surface area contributed by atoms with E-state index in [-0.39, 0.29) is 35.7 Å². The number of alkyl halides is 2. The van der Waals surface area contributed by atoms with Gasteiger partial charge in [-0.05, 0) is 12.8 Å². The number of hydrogen-bond acceptors (Lipinski definition) is 4. The number of halogens is 2. The molecule has 26 heavy (non-hydrogen) atoms. The molecule has 2 heterocycles. The van der Waals surface area contributed by atoms with Gasteiger partial charge < -0.3 is 21.3 Å². The van der Waals surface area contributed by atoms with Gasteiger partial charge in [0.1, 0.15) is 24.2 Å². The summed E-state index contributed by atoms with van der Waals surface area (Å²) >= 11 is 6.48. The lowest BCUT2D eigenvalue weighted by molar-refractivity contribution is -0.136. The van der Waals surface area contributed by atoms with E-state index < -0.39 is 12.1 Å². The van der Waals surface area contributed by atoms with Crippen molar-refractivity contribution in [3.63, 3.8) is 0 Å². The molecule has 2 aliphatic heterocycles. The molecule has 2 fully saturated rings. The Labute approximate surface area is 168 Å². The minimum absolute atomic E-state index is 0.0880. The fourth-order valence-electron chi connectivity index (χ4n) is 2.25. The summed E-state index contributed by atoms with van der Waals surface area (Å²) in [5.41, 5.74) is 0. The summed E-state index contributed by atoms with van der Waals surface area (Å²) in [6, 6.07) is -2.00. The van der Waals surface area contributed by atoms with Crippen LogP contribution in [-0.4, -0.2) is 58.5 Å². The van der Waals surface area contributed by atoms with Crippen molar-refractivity contribution in [3.05, 3.63) is 25.3 Å². The molecule has 2 aliphatic rings. The molecule has 2 saturated heterocycles. The number of amides is 4. The van der Waals surface area contributed by atoms with Gasteiger partial charge in [0, 0.05) is 10.7 Å². The van der Waals surface area contributed by atoms with Crippen LogP contribution in [0.1, 0.15) is 12.8 Å². The molecule has 0 bridgehead atoms. The maximum absolute atomic E-state index is 11.5. The fraction of sp³-hybridized carbons (Fsp3) is 0.500. The van der Waals surface area contributed by atoms with Crippen molar-refractivity contribution in [3.8, 4) is 0 Å². The predicted octanol–water partition coefficient (Wildman–Crippen LogP) is -0.119. The zero-order chi connectivity index (χ0) is 19.7. The molecule has 0 aliphatic carbocycles. The van der Waals surface area contributed by atoms with E-state index in [4.69, 9.17) is 0 Å². The lowest BCUT2D eigenvalue weighted by Gasteiger charge is -2.28. The zero-order valence-electron chi connectivity index (χ0n) is 14.1. The van der Waals surface area contributed by atoms with Gasteiger partial charge in [-0.1, -0.05) is 44.0 Å². The number of carbonyl (C=O) groups is 4. The molecule has 0 saturated carbocycles. The van der Waals surface area contributed by atoms with Crippen molar-refractivity contribution in [2.75, 3.05) is 10.7 Å². The van der Waals surface area contributed by atoms with Crippen molar-refractivity contribution in [1.29, 1.82) is 0 Å². The number of rotatable bonds is 6. The average Bonchev–Trinajstić information content (AvgIpc) is 2.61. The first-order chi connectivity index (χ1) is 12.4. The third kappa shape index (κ3) is 6.24. The second-order valence-corrected chi connectivity index (χ2v) is 7.11. The van der Waals surface area contributed by atoms with Crippen molar-refractivity contribution >= 4 is 55.5 Å². The molecule has 4 unspecified atom stereocenters. The van der Waals surface area contributed by atoms with Crippen molar-refractivity contribution in [2.45, 2.75) is 37.0 Å². The SMILES string of the molecule is C=CC1NC(=O)C(C=C)NC1=O.O=C1NC(CCBr)C(=O)NC1CCBr. The van der Waals surface area contributed by atoms with Crippen LogP contribution < -0.4 is 21.3 Å². The Morgan fingerprint density at radius 2 is 1.04 bits per heavy atom. The quantitative estimate of drug-likeness (QED) is 0.305. The second kappa shape index (κ2) is 11.1. The van der Waals surface area contributed by atoms with Crippen LogP contribution in [0.4, 0.5) is 0 Å². The molecule has 0 aromatic carbocycles. The molecule has 0 aromatic rings. The fourth-order valence-corrected chi connectivity index (χ4v) is 3.17. The lowest BCUT2D eigenvalue weighted by atomic mass is 10.1. The highest BCUT2D eigenvalue weighted by Crippen LogP contribution is 2.06. The van der Waals surface area contributed by atoms with E-state index in [1.165, 1.54) is 12.2 Å². The second-order valence-electron chi connectivity index (χ2n) is 5.52. The third-order valence-electron chi connectivity index (χ3n) is 3.69. The van der Waals surface area contributed by atoms with E-state index in [0.717, 1.165) is 0 Å². The van der Waals surface area contributed by atoms with Crippen LogP contribution in [0.25, 0.3) is 0 Å². The molecule has 144 valence electrons. The van der Waals surface area contributed by atoms with Gasteiger partial charge in [-0.2, -0.15) is 0 Å². The molecule has 0 radical (unpaired) electrons. The first-order valence-corrected chi connectivity index (χ1v) is 10.2. The minimum Gasteiger partial charge on any atom is -0.342 e. The zero-order valence-corrected chi connectivity index (χ0v) is 17.3. The van der Waals surface area contributed by atoms with Crippen LogP contribution in [0.3, 0.4) is 0 Å². The third-order valence-corrected chi connectivity index (χ3v) is 4.61. The minimum atomic E-state index is -0.617. The molecular weight excluding hydrogens is 472 g/mol. The van der Waals surface area contributed by atoms with Gasteiger partial charge in [-0.3, -0.25) is 19.2 Å². The van der Waals surface area contributed by atoms with Crippen molar-refractivity contribution in [2.24, 2.45) is 0 Å². The van der Waals surface area contributed by atoms with E-state index in [1.807, 2.05) is 0 Å². The number of nitrogens with one attached hydrogen (secondary N) is 4. The van der Waals surface area contributed by atoms with E-state index in [2.05, 4.69) is 66.3 Å². The summed E-state index contributed by atoms with van der Waals surface area (Å²) in [4.78, 5) is 45.1. The number of piperazine rings is 2. The van der Waals surface area contributed by atoms with Crippen molar-refractivity contribution < 1.29 is 19.2 Å². The summed E-state index contributed by atoms with van der Waals surface area (Å²) in [5.74, 6) is -0.686. The molecule has 8 nitrogen and oxygen atoms in total. The largest absolute Gasteiger partial charge is 0.342 e. The molecule has 0 spiro atoms. The van der Waals surface area contributed by atoms with Crippen LogP contribution in [0.15, 0.2) is 25.3 Å². The van der Waals surface area contributed by atoms with Gasteiger partial charge in [0.25, 0.3) is 0 Å². The molecule has 4 N–H and O–H groups in total. The molecule has 4 atom stereocenters. The van der Waals surface area contributed by atoms with Crippen LogP contribution in [0, 0.1) is 0 Å². The maximum atomic E-state index is 11.5. The standard InChI is InChI=1S/C8H12Br2N2O2.C8H10N2O2/c9-3-1-5-7(13)12-6(2-4-10)8(14)11-5;1-3-5-7(11)10-6(4-2)8(12)9-5/h5-6H,1-4H2,(H,11,14)(H,12,13);3-6H,1-2H2,(H,9,12)(H,10,11). The first kappa shape index (κ1) is 22.4. The van der Waals surface area contributed by atoms with Gasteiger partial charge in [-0.15, -0.1) is 13.2 Å². The summed E-state index contributed by atoms with van der Waals surface area (Å²) < 4.78 is 0. The topological polar surface area (TPSA) is 116 Å². The Morgan fingerprint density at radius 1 is 0.692 bits per heavy atom. The molecule has 4 amide bonds. The number of carbonyl (C=O) groups excluding carboxylic acids is 4. The van der Waals surface area contributed by atoms with Crippen LogP contribution in [0.5, 0.6) is 0 Å². The summed E-state index contributed by atoms with van der Waals surface area (Å²) in [5, 5.41) is 11.8. The Kier molecular flexibility index (Phi) is 9.57. The molecule has 10 heteroatoms. The highest BCUT2D eigenvalue weighted by Gasteiger charge is 2.32. The van der Waals surface area contributed by atoms with Gasteiger partial charge in [-0.25, -0.2) is 0 Å². The van der Waals surface area contributed by atoms with Gasteiger partial charge in [0.05, 0.1) is 0 Å². The highest BCUT2D eigenvalue weighted by atomic mass is 79.9. The van der Waals surface area contributed by atoms with E-state index in [0.29, 0.717) is 23.5 Å². The Hall–Kier alpha value is -1.68. The number of hydrogen-bond donors (Lipinski definition) is 4. The van der Waals surface area contributed by atoms with Gasteiger partial charge in [0.2, 0.25) is 23.6 Å². The monoisotopic (exact) mass is 492 g/mol. The Bertz CT molecular complexity index is 535. The van der Waals surface area contributed by atoms with Crippen LogP contribution >= 0.6 is 31.9 Å². The van der Waals surface area contributed by atoms with Crippen LogP contribution in [0.2, 0.25) is 0 Å². The Morgan fingerprint density at radius 3 is 1.31 bits per heavy atom. The maximum Gasteiger partial charge on any atom is 0.247 e. The van der Waals surface area contributed by atoms with Gasteiger partial charge in [0.15, 0.2) is 0 Å².